The van der Waals surface area contributed by atoms with Crippen molar-refractivity contribution < 1.29 is 4.79 Å². The smallest absolute Gasteiger partial charge is 0.253 e. The van der Waals surface area contributed by atoms with Gasteiger partial charge in [-0.3, -0.25) is 4.79 Å². The van der Waals surface area contributed by atoms with Crippen LogP contribution in [0.2, 0.25) is 10.3 Å². The van der Waals surface area contributed by atoms with Crippen LogP contribution in [-0.4, -0.2) is 54.4 Å². The second-order valence-corrected chi connectivity index (χ2v) is 6.21. The fourth-order valence-corrected chi connectivity index (χ4v) is 2.98. The van der Waals surface area contributed by atoms with E-state index in [-0.39, 0.29) is 16.2 Å². The highest BCUT2D eigenvalue weighted by molar-refractivity contribution is 6.33. The van der Waals surface area contributed by atoms with Crippen molar-refractivity contribution in [2.45, 2.75) is 12.8 Å². The van der Waals surface area contributed by atoms with Gasteiger partial charge in [0.2, 0.25) is 0 Å². The molecule has 0 aromatic carbocycles. The second kappa shape index (κ2) is 6.74. The number of likely N-dealkylation sites (tertiary alicyclic amines) is 1. The summed E-state index contributed by atoms with van der Waals surface area (Å²) in [5.74, 6) is 0.503. The summed E-state index contributed by atoms with van der Waals surface area (Å²) in [6.45, 7) is 2.96. The highest BCUT2D eigenvalue weighted by atomic mass is 35.5. The summed E-state index contributed by atoms with van der Waals surface area (Å²) >= 11 is 11.7. The van der Waals surface area contributed by atoms with Gasteiger partial charge in [-0.05, 0) is 51.0 Å². The van der Waals surface area contributed by atoms with Gasteiger partial charge < -0.3 is 9.80 Å². The van der Waals surface area contributed by atoms with Crippen molar-refractivity contribution in [2.24, 2.45) is 5.92 Å². The van der Waals surface area contributed by atoms with E-state index in [1.165, 1.54) is 0 Å². The van der Waals surface area contributed by atoms with E-state index < -0.39 is 0 Å². The Labute approximate surface area is 129 Å². The summed E-state index contributed by atoms with van der Waals surface area (Å²) in [5, 5.41) is 0.488. The maximum absolute atomic E-state index is 12.4. The van der Waals surface area contributed by atoms with Crippen LogP contribution in [0.4, 0.5) is 0 Å². The first-order valence-electron chi connectivity index (χ1n) is 6.73. The molecule has 2 rings (SSSR count). The Kier molecular flexibility index (Phi) is 5.24. The number of aromatic nitrogens is 1. The molecular weight excluding hydrogens is 297 g/mol. The van der Waals surface area contributed by atoms with Crippen molar-refractivity contribution >= 4 is 29.1 Å². The molecule has 0 N–H and O–H groups in total. The Hall–Kier alpha value is -0.840. The van der Waals surface area contributed by atoms with E-state index in [0.717, 1.165) is 32.5 Å². The number of amides is 1. The molecule has 1 saturated heterocycles. The van der Waals surface area contributed by atoms with Crippen molar-refractivity contribution in [1.82, 2.24) is 14.8 Å². The first-order valence-corrected chi connectivity index (χ1v) is 7.48. The van der Waals surface area contributed by atoms with E-state index in [2.05, 4.69) is 16.9 Å². The highest BCUT2D eigenvalue weighted by Crippen LogP contribution is 2.19. The Bertz CT molecular complexity index is 467. The molecule has 0 atom stereocenters. The van der Waals surface area contributed by atoms with Crippen molar-refractivity contribution in [3.05, 3.63) is 28.0 Å². The summed E-state index contributed by atoms with van der Waals surface area (Å²) in [7, 11) is 3.95. The fourth-order valence-electron chi connectivity index (χ4n) is 2.52. The van der Waals surface area contributed by atoms with Crippen molar-refractivity contribution in [3.8, 4) is 0 Å². The molecule has 1 aromatic rings. The molecule has 1 amide bonds. The molecule has 0 spiro atoms. The van der Waals surface area contributed by atoms with Crippen LogP contribution in [0.3, 0.4) is 0 Å². The Morgan fingerprint density at radius 1 is 1.35 bits per heavy atom. The lowest BCUT2D eigenvalue weighted by Gasteiger charge is -2.31. The topological polar surface area (TPSA) is 36.4 Å². The molecule has 0 bridgehead atoms. The second-order valence-electron chi connectivity index (χ2n) is 5.43. The van der Waals surface area contributed by atoms with Gasteiger partial charge in [-0.25, -0.2) is 4.98 Å². The molecule has 4 nitrogen and oxygen atoms in total. The van der Waals surface area contributed by atoms with Crippen LogP contribution >= 0.6 is 23.2 Å². The van der Waals surface area contributed by atoms with Gasteiger partial charge in [0.25, 0.3) is 5.91 Å². The monoisotopic (exact) mass is 315 g/mol. The molecule has 1 aromatic heterocycles. The number of nitrogens with zero attached hydrogens (tertiary/aromatic N) is 3. The quantitative estimate of drug-likeness (QED) is 0.805. The minimum absolute atomic E-state index is 0.0601. The molecule has 6 heteroatoms. The Balaban J connectivity index is 1.98. The summed E-state index contributed by atoms with van der Waals surface area (Å²) in [6.07, 6.45) is 2.26. The van der Waals surface area contributed by atoms with Gasteiger partial charge in [0.05, 0.1) is 0 Å². The van der Waals surface area contributed by atoms with Gasteiger partial charge in [0.1, 0.15) is 10.3 Å². The van der Waals surface area contributed by atoms with E-state index in [1.54, 1.807) is 17.0 Å². The van der Waals surface area contributed by atoms with Crippen LogP contribution in [0.5, 0.6) is 0 Å². The zero-order chi connectivity index (χ0) is 14.7. The number of hydrogen-bond donors (Lipinski definition) is 0. The van der Waals surface area contributed by atoms with Gasteiger partial charge in [-0.15, -0.1) is 0 Å². The van der Waals surface area contributed by atoms with Crippen LogP contribution < -0.4 is 0 Å². The highest BCUT2D eigenvalue weighted by Gasteiger charge is 2.21. The van der Waals surface area contributed by atoms with Gasteiger partial charge >= 0.3 is 0 Å². The fraction of sp³-hybridized carbons (Fsp3) is 0.571. The van der Waals surface area contributed by atoms with E-state index in [1.807, 2.05) is 7.05 Å². The number of hydrogen-bond acceptors (Lipinski definition) is 3. The summed E-state index contributed by atoms with van der Waals surface area (Å²) < 4.78 is 0. The van der Waals surface area contributed by atoms with Gasteiger partial charge in [-0.1, -0.05) is 23.2 Å². The lowest BCUT2D eigenvalue weighted by atomic mass is 9.96. The van der Waals surface area contributed by atoms with Crippen LogP contribution in [-0.2, 0) is 0 Å². The molecule has 0 saturated carbocycles. The maximum atomic E-state index is 12.4. The maximum Gasteiger partial charge on any atom is 0.253 e. The van der Waals surface area contributed by atoms with Gasteiger partial charge in [0, 0.05) is 19.2 Å². The predicted molar refractivity (Wildman–Crippen MR) is 81.4 cm³/mol. The molecule has 0 radical (unpaired) electrons. The minimum atomic E-state index is -0.0601. The van der Waals surface area contributed by atoms with Crippen molar-refractivity contribution in [1.29, 1.82) is 0 Å². The Morgan fingerprint density at radius 2 is 1.90 bits per heavy atom. The van der Waals surface area contributed by atoms with Crippen LogP contribution in [0.25, 0.3) is 0 Å². The average molecular weight is 316 g/mol. The summed E-state index contributed by atoms with van der Waals surface area (Å²) in [4.78, 5) is 20.3. The van der Waals surface area contributed by atoms with Crippen LogP contribution in [0.15, 0.2) is 12.1 Å². The van der Waals surface area contributed by atoms with Crippen LogP contribution in [0.1, 0.15) is 23.2 Å². The number of halogens is 2. The third-order valence-electron chi connectivity index (χ3n) is 3.73. The number of piperidine rings is 1. The van der Waals surface area contributed by atoms with E-state index >= 15 is 0 Å². The molecule has 0 aliphatic carbocycles. The molecule has 1 fully saturated rings. The normalized spacial score (nSPS) is 17.2. The zero-order valence-corrected chi connectivity index (χ0v) is 13.3. The third-order valence-corrected chi connectivity index (χ3v) is 4.11. The molecule has 1 aliphatic heterocycles. The van der Waals surface area contributed by atoms with Crippen molar-refractivity contribution in [3.63, 3.8) is 0 Å². The molecule has 110 valence electrons. The van der Waals surface area contributed by atoms with E-state index in [0.29, 0.717) is 11.5 Å². The van der Waals surface area contributed by atoms with Crippen LogP contribution in [0, 0.1) is 5.92 Å². The number of carbonyl (C=O) groups excluding carboxylic acids is 1. The predicted octanol–water partition coefficient (Wildman–Crippen LogP) is 2.80. The first kappa shape index (κ1) is 15.5. The summed E-state index contributed by atoms with van der Waals surface area (Å²) in [6, 6.07) is 3.11. The van der Waals surface area contributed by atoms with Gasteiger partial charge in [-0.2, -0.15) is 0 Å². The largest absolute Gasteiger partial charge is 0.341 e. The zero-order valence-electron chi connectivity index (χ0n) is 11.8. The molecule has 0 unspecified atom stereocenters. The van der Waals surface area contributed by atoms with Crippen molar-refractivity contribution in [2.75, 3.05) is 33.7 Å². The third kappa shape index (κ3) is 4.08. The SMILES string of the molecule is CN1CCC(CN(C)C(=O)c2cc(Cl)nc(Cl)c2)CC1. The molecule has 20 heavy (non-hydrogen) atoms. The standard InChI is InChI=1S/C14H19Cl2N3O/c1-18-5-3-10(4-6-18)9-19(2)14(20)11-7-12(15)17-13(16)8-11/h7-8,10H,3-6,9H2,1-2H3. The number of rotatable bonds is 3. The summed E-state index contributed by atoms with van der Waals surface area (Å²) in [5.41, 5.74) is 0.491. The average Bonchev–Trinajstić information content (AvgIpc) is 2.39. The number of carbonyl (C=O) groups is 1. The first-order chi connectivity index (χ1) is 9.45. The minimum Gasteiger partial charge on any atom is -0.341 e. The molecule has 1 aliphatic rings. The van der Waals surface area contributed by atoms with Gasteiger partial charge in [0.15, 0.2) is 0 Å². The van der Waals surface area contributed by atoms with E-state index in [4.69, 9.17) is 23.2 Å². The molecule has 2 heterocycles. The Morgan fingerprint density at radius 3 is 2.45 bits per heavy atom. The van der Waals surface area contributed by atoms with E-state index in [9.17, 15) is 4.79 Å². The lowest BCUT2D eigenvalue weighted by molar-refractivity contribution is 0.0747. The molecular formula is C14H19Cl2N3O. The lowest BCUT2D eigenvalue weighted by Crippen LogP contribution is -2.38. The number of pyridine rings is 1.